The molecule has 0 bridgehead atoms. The Morgan fingerprint density at radius 3 is 2.87 bits per heavy atom. The molecule has 1 aromatic heterocycles. The first-order chi connectivity index (χ1) is 14.8. The zero-order chi connectivity index (χ0) is 22.3. The fourth-order valence-corrected chi connectivity index (χ4v) is 3.71. The maximum Gasteiger partial charge on any atom is 0.416 e. The number of imidazole rings is 1. The van der Waals surface area contributed by atoms with E-state index >= 15 is 0 Å². The van der Waals surface area contributed by atoms with E-state index < -0.39 is 37.0 Å². The largest absolute Gasteiger partial charge is 0.490 e. The monoisotopic (exact) mass is 431 g/mol. The lowest BCUT2D eigenvalue weighted by Crippen LogP contribution is -2.38. The van der Waals surface area contributed by atoms with Crippen LogP contribution in [-0.4, -0.2) is 47.2 Å². The van der Waals surface area contributed by atoms with Crippen LogP contribution in [0, 0.1) is 17.2 Å². The summed E-state index contributed by atoms with van der Waals surface area (Å²) in [5, 5.41) is 9.75. The molecule has 0 aliphatic carbocycles. The van der Waals surface area contributed by atoms with Gasteiger partial charge in [0.1, 0.15) is 36.9 Å². The second-order valence-electron chi connectivity index (χ2n) is 7.41. The van der Waals surface area contributed by atoms with Crippen molar-refractivity contribution in [2.45, 2.75) is 32.4 Å². The number of nitriles is 1. The number of rotatable bonds is 5. The van der Waals surface area contributed by atoms with Gasteiger partial charge in [-0.2, -0.15) is 5.26 Å². The number of aromatic nitrogens is 2. The molecule has 2 N–H and O–H groups in total. The van der Waals surface area contributed by atoms with Crippen LogP contribution in [0.5, 0.6) is 5.75 Å². The molecule has 2 aromatic rings. The molecule has 11 heteroatoms. The Kier molecular flexibility index (Phi) is 5.22. The average Bonchev–Trinajstić information content (AvgIpc) is 3.27. The van der Waals surface area contributed by atoms with Gasteiger partial charge in [0.2, 0.25) is 5.91 Å². The molecule has 162 valence electrons. The molecular weight excluding hydrogens is 412 g/mol. The normalized spacial score (nSPS) is 18.5. The molecular formula is C20H19F2N5O4. The number of ether oxygens (including phenoxy) is 2. The fourth-order valence-electron chi connectivity index (χ4n) is 3.71. The summed E-state index contributed by atoms with van der Waals surface area (Å²) in [7, 11) is 0. The molecule has 2 atom stereocenters. The third kappa shape index (κ3) is 3.54. The predicted octanol–water partition coefficient (Wildman–Crippen LogP) is 2.07. The number of fused-ring (bicyclic) bond motifs is 3. The Balaban J connectivity index is 1.77. The highest BCUT2D eigenvalue weighted by atomic mass is 19.3. The lowest BCUT2D eigenvalue weighted by atomic mass is 9.94. The number of cyclic esters (lactones) is 1. The fraction of sp³-hybridized carbons (Fsp3) is 0.400. The minimum atomic E-state index is -2.79. The second-order valence-corrected chi connectivity index (χ2v) is 7.41. The van der Waals surface area contributed by atoms with Gasteiger partial charge >= 0.3 is 6.09 Å². The highest BCUT2D eigenvalue weighted by Gasteiger charge is 2.42. The van der Waals surface area contributed by atoms with Crippen molar-refractivity contribution in [1.29, 1.82) is 5.26 Å². The van der Waals surface area contributed by atoms with Gasteiger partial charge in [0.05, 0.1) is 17.7 Å². The number of halogens is 2. The minimum absolute atomic E-state index is 0.0422. The molecule has 0 radical (unpaired) electrons. The number of carbonyl (C=O) groups excluding carboxylic acids is 2. The van der Waals surface area contributed by atoms with Gasteiger partial charge in [-0.3, -0.25) is 4.79 Å². The van der Waals surface area contributed by atoms with Crippen molar-refractivity contribution >= 4 is 17.8 Å². The number of nitrogens with zero attached hydrogens (tertiary/aromatic N) is 4. The lowest BCUT2D eigenvalue weighted by molar-refractivity contribution is -0.121. The van der Waals surface area contributed by atoms with Crippen molar-refractivity contribution in [2.24, 2.45) is 11.7 Å². The maximum absolute atomic E-state index is 13.3. The SMILES string of the molecule is C[C@H](Cc1ccc2c(c1C#N)OCCn1cc(N3C(=O)OC[C@H]3C(F)F)nc1-2)C(N)=O. The lowest BCUT2D eigenvalue weighted by Gasteiger charge is -2.18. The first-order valence-corrected chi connectivity index (χ1v) is 9.61. The van der Waals surface area contributed by atoms with Crippen LogP contribution in [0.4, 0.5) is 19.4 Å². The van der Waals surface area contributed by atoms with Gasteiger partial charge in [-0.15, -0.1) is 0 Å². The van der Waals surface area contributed by atoms with Crippen LogP contribution in [0.1, 0.15) is 18.1 Å². The summed E-state index contributed by atoms with van der Waals surface area (Å²) in [6, 6.07) is 4.08. The minimum Gasteiger partial charge on any atom is -0.490 e. The van der Waals surface area contributed by atoms with E-state index in [1.54, 1.807) is 23.6 Å². The molecule has 3 heterocycles. The van der Waals surface area contributed by atoms with E-state index in [0.29, 0.717) is 29.2 Å². The van der Waals surface area contributed by atoms with E-state index in [-0.39, 0.29) is 24.4 Å². The number of alkyl halides is 2. The Morgan fingerprint density at radius 2 is 2.19 bits per heavy atom. The summed E-state index contributed by atoms with van der Waals surface area (Å²) in [6.45, 7) is 1.78. The number of nitrogens with two attached hydrogens (primary N) is 1. The molecule has 31 heavy (non-hydrogen) atoms. The zero-order valence-electron chi connectivity index (χ0n) is 16.5. The third-order valence-electron chi connectivity index (χ3n) is 5.39. The molecule has 2 aliphatic heterocycles. The first-order valence-electron chi connectivity index (χ1n) is 9.61. The van der Waals surface area contributed by atoms with E-state index in [9.17, 15) is 23.6 Å². The number of anilines is 1. The van der Waals surface area contributed by atoms with Crippen molar-refractivity contribution in [1.82, 2.24) is 9.55 Å². The summed E-state index contributed by atoms with van der Waals surface area (Å²) in [5.74, 6) is -0.244. The standard InChI is InChI=1S/C20H19F2N5O4/c1-10(18(24)28)6-11-2-3-12-16(13(11)7-23)30-5-4-26-8-15(25-19(12)26)27-14(17(21)22)9-31-20(27)29/h2-3,8,10,14,17H,4-6,9H2,1H3,(H2,24,28)/t10-,14+/m1/s1. The van der Waals surface area contributed by atoms with Gasteiger partial charge < -0.3 is 19.8 Å². The second kappa shape index (κ2) is 7.86. The number of primary amides is 1. The first kappa shape index (κ1) is 20.6. The van der Waals surface area contributed by atoms with Crippen LogP contribution in [0.25, 0.3) is 11.4 Å². The van der Waals surface area contributed by atoms with Crippen molar-refractivity contribution in [3.05, 3.63) is 29.5 Å². The van der Waals surface area contributed by atoms with E-state index in [2.05, 4.69) is 11.1 Å². The van der Waals surface area contributed by atoms with Gasteiger partial charge in [0.15, 0.2) is 5.82 Å². The summed E-state index contributed by atoms with van der Waals surface area (Å²) in [4.78, 5) is 28.7. The van der Waals surface area contributed by atoms with E-state index in [0.717, 1.165) is 4.90 Å². The van der Waals surface area contributed by atoms with Gasteiger partial charge in [-0.05, 0) is 18.1 Å². The average molecular weight is 431 g/mol. The summed E-state index contributed by atoms with van der Waals surface area (Å²) in [6.07, 6.45) is -1.91. The van der Waals surface area contributed by atoms with Gasteiger partial charge in [-0.1, -0.05) is 13.0 Å². The molecule has 0 unspecified atom stereocenters. The topological polar surface area (TPSA) is 123 Å². The van der Waals surface area contributed by atoms with Crippen LogP contribution in [0.3, 0.4) is 0 Å². The van der Waals surface area contributed by atoms with Crippen LogP contribution in [-0.2, 0) is 22.5 Å². The van der Waals surface area contributed by atoms with E-state index in [1.807, 2.05) is 0 Å². The summed E-state index contributed by atoms with van der Waals surface area (Å²) in [5.41, 5.74) is 6.69. The van der Waals surface area contributed by atoms with Crippen molar-refractivity contribution in [3.63, 3.8) is 0 Å². The van der Waals surface area contributed by atoms with E-state index in [1.165, 1.54) is 6.20 Å². The zero-order valence-corrected chi connectivity index (χ0v) is 16.5. The Hall–Kier alpha value is -3.68. The molecule has 2 amide bonds. The number of hydrogen-bond acceptors (Lipinski definition) is 6. The van der Waals surface area contributed by atoms with Crippen LogP contribution in [0.2, 0.25) is 0 Å². The number of amides is 2. The highest BCUT2D eigenvalue weighted by molar-refractivity contribution is 5.89. The number of carbonyl (C=O) groups is 2. The van der Waals surface area contributed by atoms with Crippen LogP contribution >= 0.6 is 0 Å². The van der Waals surface area contributed by atoms with Crippen molar-refractivity contribution < 1.29 is 27.8 Å². The maximum atomic E-state index is 13.3. The molecule has 2 aliphatic rings. The quantitative estimate of drug-likeness (QED) is 0.773. The molecule has 4 rings (SSSR count). The van der Waals surface area contributed by atoms with Crippen LogP contribution < -0.4 is 15.4 Å². The van der Waals surface area contributed by atoms with Crippen molar-refractivity contribution in [2.75, 3.05) is 18.1 Å². The summed E-state index contributed by atoms with van der Waals surface area (Å²) >= 11 is 0. The highest BCUT2D eigenvalue weighted by Crippen LogP contribution is 2.39. The Morgan fingerprint density at radius 1 is 1.42 bits per heavy atom. The molecule has 1 fully saturated rings. The van der Waals surface area contributed by atoms with Gasteiger partial charge in [0, 0.05) is 12.1 Å². The Labute approximate surface area is 176 Å². The number of benzene rings is 1. The summed E-state index contributed by atoms with van der Waals surface area (Å²) < 4.78 is 39.0. The van der Waals surface area contributed by atoms with Crippen LogP contribution in [0.15, 0.2) is 18.3 Å². The van der Waals surface area contributed by atoms with Gasteiger partial charge in [-0.25, -0.2) is 23.5 Å². The van der Waals surface area contributed by atoms with Gasteiger partial charge in [0.25, 0.3) is 6.43 Å². The van der Waals surface area contributed by atoms with Crippen molar-refractivity contribution in [3.8, 4) is 23.2 Å². The smallest absolute Gasteiger partial charge is 0.416 e. The Bertz CT molecular complexity index is 1090. The predicted molar refractivity (Wildman–Crippen MR) is 104 cm³/mol. The molecule has 0 spiro atoms. The van der Waals surface area contributed by atoms with E-state index in [4.69, 9.17) is 15.2 Å². The molecule has 9 nitrogen and oxygen atoms in total. The molecule has 1 saturated heterocycles. The number of hydrogen-bond donors (Lipinski definition) is 1. The molecule has 1 aromatic carbocycles. The third-order valence-corrected chi connectivity index (χ3v) is 5.39. The molecule has 0 saturated carbocycles.